The number of aliphatic imine (C=N–C) groups is 1. The molecule has 0 amide bonds. The van der Waals surface area contributed by atoms with Gasteiger partial charge in [-0.1, -0.05) is 23.7 Å². The van der Waals surface area contributed by atoms with Gasteiger partial charge in [-0.3, -0.25) is 4.99 Å². The van der Waals surface area contributed by atoms with Gasteiger partial charge in [0.15, 0.2) is 5.96 Å². The molecular formula is C19H26ClIN4S. The molecule has 0 saturated heterocycles. The molecule has 7 heteroatoms. The van der Waals surface area contributed by atoms with Gasteiger partial charge in [0.1, 0.15) is 0 Å². The summed E-state index contributed by atoms with van der Waals surface area (Å²) in [6.45, 7) is 5.89. The van der Waals surface area contributed by atoms with E-state index in [1.807, 2.05) is 19.2 Å². The Balaban J connectivity index is 0.00000243. The van der Waals surface area contributed by atoms with E-state index in [1.54, 1.807) is 11.3 Å². The number of thiazole rings is 1. The molecule has 1 aliphatic rings. The Bertz CT molecular complexity index is 751. The second-order valence-electron chi connectivity index (χ2n) is 6.64. The van der Waals surface area contributed by atoms with Crippen LogP contribution in [0.2, 0.25) is 5.02 Å². The largest absolute Gasteiger partial charge is 0.356 e. The van der Waals surface area contributed by atoms with Crippen molar-refractivity contribution in [1.82, 2.24) is 15.6 Å². The van der Waals surface area contributed by atoms with Crippen LogP contribution in [0.1, 0.15) is 34.0 Å². The fraction of sp³-hybridized carbons (Fsp3) is 0.474. The molecule has 0 aliphatic heterocycles. The Morgan fingerprint density at radius 3 is 2.65 bits per heavy atom. The minimum atomic E-state index is 0. The third-order valence-electron chi connectivity index (χ3n) is 4.81. The van der Waals surface area contributed by atoms with Crippen molar-refractivity contribution in [3.8, 4) is 0 Å². The lowest BCUT2D eigenvalue weighted by Crippen LogP contribution is -2.41. The van der Waals surface area contributed by atoms with Crippen LogP contribution in [0.3, 0.4) is 0 Å². The van der Waals surface area contributed by atoms with Crippen molar-refractivity contribution in [2.24, 2.45) is 4.99 Å². The van der Waals surface area contributed by atoms with Gasteiger partial charge in [0.2, 0.25) is 0 Å². The van der Waals surface area contributed by atoms with Crippen LogP contribution in [0.5, 0.6) is 0 Å². The number of hydrogen-bond acceptors (Lipinski definition) is 3. The Kier molecular flexibility index (Phi) is 7.73. The molecule has 1 aromatic heterocycles. The lowest BCUT2D eigenvalue weighted by Gasteiger charge is -2.19. The first-order valence-corrected chi connectivity index (χ1v) is 9.85. The summed E-state index contributed by atoms with van der Waals surface area (Å²) in [5.41, 5.74) is 2.66. The van der Waals surface area contributed by atoms with Crippen molar-refractivity contribution in [3.05, 3.63) is 50.4 Å². The van der Waals surface area contributed by atoms with Crippen molar-refractivity contribution < 1.29 is 0 Å². The SMILES string of the molecule is CN=C(NCCc1nc(C)c(C)s1)NCC1(c2cccc(Cl)c2)CC1.I. The molecule has 2 aromatic rings. The van der Waals surface area contributed by atoms with Gasteiger partial charge >= 0.3 is 0 Å². The highest BCUT2D eigenvalue weighted by Crippen LogP contribution is 2.48. The van der Waals surface area contributed by atoms with Crippen LogP contribution in [0.15, 0.2) is 29.3 Å². The predicted molar refractivity (Wildman–Crippen MR) is 122 cm³/mol. The molecule has 0 unspecified atom stereocenters. The van der Waals surface area contributed by atoms with E-state index >= 15 is 0 Å². The van der Waals surface area contributed by atoms with Crippen LogP contribution in [0.4, 0.5) is 0 Å². The summed E-state index contributed by atoms with van der Waals surface area (Å²) in [5.74, 6) is 0.846. The molecule has 0 spiro atoms. The highest BCUT2D eigenvalue weighted by Gasteiger charge is 2.44. The van der Waals surface area contributed by atoms with Crippen LogP contribution in [0, 0.1) is 13.8 Å². The van der Waals surface area contributed by atoms with E-state index in [-0.39, 0.29) is 29.4 Å². The average molecular weight is 505 g/mol. The molecule has 1 heterocycles. The molecule has 0 atom stereocenters. The van der Waals surface area contributed by atoms with Crippen LogP contribution in [0.25, 0.3) is 0 Å². The Morgan fingerprint density at radius 2 is 2.08 bits per heavy atom. The summed E-state index contributed by atoms with van der Waals surface area (Å²) >= 11 is 7.92. The quantitative estimate of drug-likeness (QED) is 0.347. The standard InChI is InChI=1S/C19H25ClN4S.HI/c1-13-14(2)25-17(24-13)7-10-22-18(21-3)23-12-19(8-9-19)15-5-4-6-16(20)11-15;/h4-6,11H,7-10,12H2,1-3H3,(H2,21,22,23);1H. The molecule has 0 radical (unpaired) electrons. The minimum Gasteiger partial charge on any atom is -0.356 e. The monoisotopic (exact) mass is 504 g/mol. The fourth-order valence-electron chi connectivity index (χ4n) is 2.94. The molecule has 0 bridgehead atoms. The Morgan fingerprint density at radius 1 is 1.31 bits per heavy atom. The zero-order valence-electron chi connectivity index (χ0n) is 15.4. The van der Waals surface area contributed by atoms with E-state index in [0.717, 1.165) is 36.2 Å². The maximum absolute atomic E-state index is 6.15. The third-order valence-corrected chi connectivity index (χ3v) is 6.18. The number of nitrogens with one attached hydrogen (secondary N) is 2. The van der Waals surface area contributed by atoms with Crippen LogP contribution in [-0.4, -0.2) is 31.1 Å². The molecular weight excluding hydrogens is 479 g/mol. The van der Waals surface area contributed by atoms with Gasteiger partial charge in [0, 0.05) is 41.9 Å². The van der Waals surface area contributed by atoms with Crippen molar-refractivity contribution in [1.29, 1.82) is 0 Å². The summed E-state index contributed by atoms with van der Waals surface area (Å²) in [4.78, 5) is 10.2. The van der Waals surface area contributed by atoms with Gasteiger partial charge in [0.05, 0.1) is 10.7 Å². The smallest absolute Gasteiger partial charge is 0.191 e. The van der Waals surface area contributed by atoms with E-state index in [4.69, 9.17) is 11.6 Å². The second-order valence-corrected chi connectivity index (χ2v) is 8.37. The molecule has 1 fully saturated rings. The minimum absolute atomic E-state index is 0. The van der Waals surface area contributed by atoms with E-state index < -0.39 is 0 Å². The summed E-state index contributed by atoms with van der Waals surface area (Å²) in [7, 11) is 1.81. The summed E-state index contributed by atoms with van der Waals surface area (Å²) in [6.07, 6.45) is 3.30. The number of aryl methyl sites for hydroxylation is 2. The zero-order chi connectivity index (χ0) is 17.9. The molecule has 4 nitrogen and oxygen atoms in total. The lowest BCUT2D eigenvalue weighted by molar-refractivity contribution is 0.645. The Hall–Kier alpha value is -0.860. The van der Waals surface area contributed by atoms with Crippen molar-refractivity contribution >= 4 is 52.9 Å². The van der Waals surface area contributed by atoms with Crippen molar-refractivity contribution in [2.45, 2.75) is 38.5 Å². The van der Waals surface area contributed by atoms with E-state index in [2.05, 4.69) is 46.6 Å². The molecule has 142 valence electrons. The maximum Gasteiger partial charge on any atom is 0.191 e. The van der Waals surface area contributed by atoms with Gasteiger partial charge in [-0.25, -0.2) is 4.98 Å². The average Bonchev–Trinajstić information content (AvgIpc) is 3.32. The number of guanidine groups is 1. The molecule has 1 saturated carbocycles. The highest BCUT2D eigenvalue weighted by atomic mass is 127. The molecule has 26 heavy (non-hydrogen) atoms. The fourth-order valence-corrected chi connectivity index (χ4v) is 4.07. The number of benzene rings is 1. The molecule has 1 aliphatic carbocycles. The van der Waals surface area contributed by atoms with Gasteiger partial charge in [-0.2, -0.15) is 0 Å². The molecule has 3 rings (SSSR count). The van der Waals surface area contributed by atoms with E-state index in [9.17, 15) is 0 Å². The van der Waals surface area contributed by atoms with Crippen LogP contribution >= 0.6 is 46.9 Å². The first kappa shape index (κ1) is 21.4. The first-order chi connectivity index (χ1) is 12.0. The molecule has 2 N–H and O–H groups in total. The van der Waals surface area contributed by atoms with Crippen LogP contribution < -0.4 is 10.6 Å². The maximum atomic E-state index is 6.15. The van der Waals surface area contributed by atoms with Gasteiger partial charge < -0.3 is 10.6 Å². The topological polar surface area (TPSA) is 49.3 Å². The van der Waals surface area contributed by atoms with E-state index in [0.29, 0.717) is 0 Å². The van der Waals surface area contributed by atoms with Crippen LogP contribution in [-0.2, 0) is 11.8 Å². The summed E-state index contributed by atoms with van der Waals surface area (Å²) in [5, 5.41) is 8.84. The predicted octanol–water partition coefficient (Wildman–Crippen LogP) is 4.47. The number of rotatable bonds is 6. The van der Waals surface area contributed by atoms with Gasteiger partial charge in [0.25, 0.3) is 0 Å². The Labute approximate surface area is 181 Å². The first-order valence-electron chi connectivity index (χ1n) is 8.66. The third kappa shape index (κ3) is 5.33. The highest BCUT2D eigenvalue weighted by molar-refractivity contribution is 14.0. The zero-order valence-corrected chi connectivity index (χ0v) is 19.3. The van der Waals surface area contributed by atoms with Gasteiger partial charge in [-0.15, -0.1) is 35.3 Å². The van der Waals surface area contributed by atoms with Gasteiger partial charge in [-0.05, 0) is 44.4 Å². The number of hydrogen-bond donors (Lipinski definition) is 2. The normalized spacial score (nSPS) is 15.3. The van der Waals surface area contributed by atoms with Crippen molar-refractivity contribution in [2.75, 3.05) is 20.1 Å². The molecule has 1 aromatic carbocycles. The van der Waals surface area contributed by atoms with Crippen molar-refractivity contribution in [3.63, 3.8) is 0 Å². The number of halogens is 2. The number of aromatic nitrogens is 1. The second kappa shape index (κ2) is 9.37. The number of nitrogens with zero attached hydrogens (tertiary/aromatic N) is 2. The lowest BCUT2D eigenvalue weighted by atomic mass is 9.96. The summed E-state index contributed by atoms with van der Waals surface area (Å²) < 4.78 is 0. The summed E-state index contributed by atoms with van der Waals surface area (Å²) in [6, 6.07) is 8.21. The van der Waals surface area contributed by atoms with E-state index in [1.165, 1.54) is 28.3 Å².